The van der Waals surface area contributed by atoms with E-state index in [1.165, 1.54) is 6.07 Å². The number of hydrogen-bond acceptors (Lipinski definition) is 3. The van der Waals surface area contributed by atoms with Crippen molar-refractivity contribution in [3.05, 3.63) is 59.1 Å². The summed E-state index contributed by atoms with van der Waals surface area (Å²) < 4.78 is 19.9. The van der Waals surface area contributed by atoms with Crippen molar-refractivity contribution in [2.75, 3.05) is 23.3 Å². The number of carbonyl (C=O) groups excluding carboxylic acids is 1. The number of carbonyl (C=O) groups is 1. The number of nitrogens with one attached hydrogen (secondary N) is 1. The minimum Gasteiger partial charge on any atom is -0.451 e. The monoisotopic (exact) mass is 358 g/mol. The third kappa shape index (κ3) is 3.07. The second kappa shape index (κ2) is 6.41. The Labute approximate surface area is 149 Å². The highest BCUT2D eigenvalue weighted by Gasteiger charge is 2.21. The fourth-order valence-corrected chi connectivity index (χ4v) is 3.34. The van der Waals surface area contributed by atoms with Gasteiger partial charge in [0.2, 0.25) is 0 Å². The van der Waals surface area contributed by atoms with Gasteiger partial charge in [0.05, 0.1) is 5.69 Å². The van der Waals surface area contributed by atoms with Crippen LogP contribution < -0.4 is 10.2 Å². The van der Waals surface area contributed by atoms with Crippen LogP contribution >= 0.6 is 11.6 Å². The predicted molar refractivity (Wildman–Crippen MR) is 97.0 cm³/mol. The van der Waals surface area contributed by atoms with Crippen LogP contribution in [0.15, 0.2) is 46.9 Å². The smallest absolute Gasteiger partial charge is 0.291 e. The molecule has 1 amide bonds. The normalized spacial score (nSPS) is 14.2. The van der Waals surface area contributed by atoms with E-state index in [0.717, 1.165) is 31.3 Å². The summed E-state index contributed by atoms with van der Waals surface area (Å²) in [7, 11) is 0. The third-order valence-corrected chi connectivity index (χ3v) is 4.61. The van der Waals surface area contributed by atoms with Crippen LogP contribution in [0.1, 0.15) is 23.4 Å². The van der Waals surface area contributed by atoms with Gasteiger partial charge in [-0.1, -0.05) is 17.7 Å². The molecule has 4 nitrogen and oxygen atoms in total. The zero-order valence-electron chi connectivity index (χ0n) is 13.4. The van der Waals surface area contributed by atoms with Crippen LogP contribution in [0, 0.1) is 5.82 Å². The summed E-state index contributed by atoms with van der Waals surface area (Å²) in [5, 5.41) is 3.95. The van der Waals surface area contributed by atoms with E-state index in [1.807, 2.05) is 6.07 Å². The van der Waals surface area contributed by atoms with Crippen molar-refractivity contribution in [3.8, 4) is 0 Å². The van der Waals surface area contributed by atoms with E-state index in [1.54, 1.807) is 30.3 Å². The summed E-state index contributed by atoms with van der Waals surface area (Å²) in [6.45, 7) is 1.71. The van der Waals surface area contributed by atoms with Gasteiger partial charge in [-0.15, -0.1) is 0 Å². The van der Waals surface area contributed by atoms with Gasteiger partial charge in [0.25, 0.3) is 5.91 Å². The topological polar surface area (TPSA) is 45.5 Å². The van der Waals surface area contributed by atoms with E-state index in [0.29, 0.717) is 16.3 Å². The molecule has 4 rings (SSSR count). The molecular formula is C19H16ClFN2O2. The minimum absolute atomic E-state index is 0.118. The number of furan rings is 1. The summed E-state index contributed by atoms with van der Waals surface area (Å²) in [5.74, 6) is -0.831. The molecule has 1 aliphatic rings. The number of hydrogen-bond donors (Lipinski definition) is 1. The molecule has 3 aromatic rings. The fraction of sp³-hybridized carbons (Fsp3) is 0.211. The highest BCUT2D eigenvalue weighted by atomic mass is 35.5. The predicted octanol–water partition coefficient (Wildman–Crippen LogP) is 5.08. The van der Waals surface area contributed by atoms with Crippen LogP contribution in [-0.4, -0.2) is 19.0 Å². The van der Waals surface area contributed by atoms with Gasteiger partial charge in [-0.25, -0.2) is 4.39 Å². The van der Waals surface area contributed by atoms with E-state index in [-0.39, 0.29) is 11.4 Å². The van der Waals surface area contributed by atoms with Gasteiger partial charge in [0.1, 0.15) is 17.1 Å². The van der Waals surface area contributed by atoms with E-state index in [9.17, 15) is 9.18 Å². The maximum Gasteiger partial charge on any atom is 0.291 e. The van der Waals surface area contributed by atoms with E-state index < -0.39 is 11.7 Å². The van der Waals surface area contributed by atoms with Crippen LogP contribution in [0.3, 0.4) is 0 Å². The number of benzene rings is 2. The number of nitrogens with zero attached hydrogens (tertiary/aromatic N) is 1. The molecule has 25 heavy (non-hydrogen) atoms. The van der Waals surface area contributed by atoms with E-state index >= 15 is 0 Å². The standard InChI is InChI=1S/C19H16ClFN2O2/c20-13-6-7-16-12(10-13)11-17(25-16)19(24)22-18-14(21)4-3-5-15(18)23-8-1-2-9-23/h3-7,10-11H,1-2,8-9H2,(H,22,24). The molecule has 1 fully saturated rings. The van der Waals surface area contributed by atoms with Gasteiger partial charge in [-0.05, 0) is 49.2 Å². The number of fused-ring (bicyclic) bond motifs is 1. The molecule has 0 bridgehead atoms. The first-order valence-electron chi connectivity index (χ1n) is 8.16. The summed E-state index contributed by atoms with van der Waals surface area (Å²) in [6, 6.07) is 11.5. The van der Waals surface area contributed by atoms with Crippen molar-refractivity contribution in [2.45, 2.75) is 12.8 Å². The van der Waals surface area contributed by atoms with Gasteiger partial charge in [-0.2, -0.15) is 0 Å². The van der Waals surface area contributed by atoms with Crippen LogP contribution in [-0.2, 0) is 0 Å². The lowest BCUT2D eigenvalue weighted by Crippen LogP contribution is -2.21. The first kappa shape index (κ1) is 16.0. The van der Waals surface area contributed by atoms with Gasteiger partial charge < -0.3 is 14.6 Å². The van der Waals surface area contributed by atoms with Crippen molar-refractivity contribution in [2.24, 2.45) is 0 Å². The molecule has 0 unspecified atom stereocenters. The number of amides is 1. The van der Waals surface area contributed by atoms with Gasteiger partial charge >= 0.3 is 0 Å². The zero-order valence-corrected chi connectivity index (χ0v) is 14.1. The second-order valence-corrected chi connectivity index (χ2v) is 6.51. The number of para-hydroxylation sites is 1. The first-order valence-corrected chi connectivity index (χ1v) is 8.53. The Bertz CT molecular complexity index is 948. The average Bonchev–Trinajstić information content (AvgIpc) is 3.25. The quantitative estimate of drug-likeness (QED) is 0.710. The molecule has 128 valence electrons. The van der Waals surface area contributed by atoms with Crippen LogP contribution in [0.25, 0.3) is 11.0 Å². The van der Waals surface area contributed by atoms with Crippen molar-refractivity contribution in [1.82, 2.24) is 0 Å². The molecule has 2 aromatic carbocycles. The van der Waals surface area contributed by atoms with Gasteiger partial charge in [0.15, 0.2) is 5.76 Å². The first-order chi connectivity index (χ1) is 12.1. The molecule has 1 aromatic heterocycles. The van der Waals surface area contributed by atoms with Crippen LogP contribution in [0.2, 0.25) is 5.02 Å². The average molecular weight is 359 g/mol. The van der Waals surface area contributed by atoms with Crippen LogP contribution in [0.5, 0.6) is 0 Å². The highest BCUT2D eigenvalue weighted by molar-refractivity contribution is 6.31. The molecule has 1 aliphatic heterocycles. The van der Waals surface area contributed by atoms with Crippen molar-refractivity contribution < 1.29 is 13.6 Å². The molecule has 0 spiro atoms. The van der Waals surface area contributed by atoms with Gasteiger partial charge in [-0.3, -0.25) is 4.79 Å². The molecule has 0 saturated carbocycles. The Hall–Kier alpha value is -2.53. The minimum atomic E-state index is -0.488. The maximum atomic E-state index is 14.3. The summed E-state index contributed by atoms with van der Waals surface area (Å²) >= 11 is 5.95. The molecular weight excluding hydrogens is 343 g/mol. The van der Waals surface area contributed by atoms with Crippen molar-refractivity contribution >= 4 is 39.9 Å². The van der Waals surface area contributed by atoms with Gasteiger partial charge in [0, 0.05) is 23.5 Å². The summed E-state index contributed by atoms with van der Waals surface area (Å²) in [5.41, 5.74) is 1.45. The molecule has 2 heterocycles. The molecule has 1 N–H and O–H groups in total. The zero-order chi connectivity index (χ0) is 17.4. The fourth-order valence-electron chi connectivity index (χ4n) is 3.16. The SMILES string of the molecule is O=C(Nc1c(F)cccc1N1CCCC1)c1cc2cc(Cl)ccc2o1. The molecule has 6 heteroatoms. The maximum absolute atomic E-state index is 14.3. The van der Waals surface area contributed by atoms with Crippen molar-refractivity contribution in [1.29, 1.82) is 0 Å². The summed E-state index contributed by atoms with van der Waals surface area (Å²) in [6.07, 6.45) is 2.13. The molecule has 0 radical (unpaired) electrons. The molecule has 0 aliphatic carbocycles. The second-order valence-electron chi connectivity index (χ2n) is 6.08. The van der Waals surface area contributed by atoms with E-state index in [4.69, 9.17) is 16.0 Å². The molecule has 1 saturated heterocycles. The molecule has 0 atom stereocenters. The van der Waals surface area contributed by atoms with Crippen LogP contribution in [0.4, 0.5) is 15.8 Å². The highest BCUT2D eigenvalue weighted by Crippen LogP contribution is 2.32. The number of rotatable bonds is 3. The van der Waals surface area contributed by atoms with E-state index in [2.05, 4.69) is 10.2 Å². The largest absolute Gasteiger partial charge is 0.451 e. The van der Waals surface area contributed by atoms with Crippen molar-refractivity contribution in [3.63, 3.8) is 0 Å². The Morgan fingerprint density at radius 1 is 1.16 bits per heavy atom. The Kier molecular flexibility index (Phi) is 4.09. The lowest BCUT2D eigenvalue weighted by atomic mass is 10.2. The Morgan fingerprint density at radius 2 is 1.96 bits per heavy atom. The Balaban J connectivity index is 1.65. The Morgan fingerprint density at radius 3 is 2.76 bits per heavy atom. The number of halogens is 2. The lowest BCUT2D eigenvalue weighted by molar-refractivity contribution is 0.0998. The number of anilines is 2. The summed E-state index contributed by atoms with van der Waals surface area (Å²) in [4.78, 5) is 14.6. The third-order valence-electron chi connectivity index (χ3n) is 4.38. The lowest BCUT2D eigenvalue weighted by Gasteiger charge is -2.21.